The number of carbonyl (C=O) groups is 3. The van der Waals surface area contributed by atoms with Gasteiger partial charge in [-0.25, -0.2) is 0 Å². The maximum absolute atomic E-state index is 12.5. The number of nitrogens with zero attached hydrogens (tertiary/aromatic N) is 1. The lowest BCUT2D eigenvalue weighted by Gasteiger charge is -2.20. The minimum absolute atomic E-state index is 0.0526. The first kappa shape index (κ1) is 19.1. The highest BCUT2D eigenvalue weighted by atomic mass is 35.5. The third-order valence-electron chi connectivity index (χ3n) is 4.71. The first-order valence-electron chi connectivity index (χ1n) is 8.73. The van der Waals surface area contributed by atoms with Crippen LogP contribution >= 0.6 is 11.6 Å². The van der Waals surface area contributed by atoms with Gasteiger partial charge in [-0.05, 0) is 31.5 Å². The number of amides is 1. The third-order valence-corrected chi connectivity index (χ3v) is 5.12. The van der Waals surface area contributed by atoms with E-state index >= 15 is 0 Å². The number of anilines is 1. The first-order chi connectivity index (χ1) is 12.9. The maximum Gasteiger partial charge on any atom is 0.312 e. The fraction of sp³-hybridized carbons (Fsp3) is 0.286. The van der Waals surface area contributed by atoms with Gasteiger partial charge in [0.05, 0.1) is 5.92 Å². The lowest BCUT2D eigenvalue weighted by atomic mass is 10.1. The lowest BCUT2D eigenvalue weighted by molar-refractivity contribution is -0.151. The van der Waals surface area contributed by atoms with Crippen molar-refractivity contribution in [3.05, 3.63) is 64.7 Å². The number of carbonyl (C=O) groups excluding carboxylic acids is 3. The molecule has 0 unspecified atom stereocenters. The van der Waals surface area contributed by atoms with Crippen molar-refractivity contribution in [2.75, 3.05) is 11.4 Å². The van der Waals surface area contributed by atoms with Gasteiger partial charge in [-0.3, -0.25) is 14.4 Å². The summed E-state index contributed by atoms with van der Waals surface area (Å²) >= 11 is 6.13. The molecule has 0 aliphatic carbocycles. The van der Waals surface area contributed by atoms with Crippen LogP contribution in [-0.4, -0.2) is 30.3 Å². The largest absolute Gasteiger partial charge is 0.454 e. The molecule has 1 aliphatic rings. The van der Waals surface area contributed by atoms with Crippen molar-refractivity contribution < 1.29 is 19.1 Å². The van der Waals surface area contributed by atoms with Crippen LogP contribution in [0.2, 0.25) is 5.02 Å². The Kier molecular flexibility index (Phi) is 5.61. The van der Waals surface area contributed by atoms with Gasteiger partial charge in [0.2, 0.25) is 11.7 Å². The summed E-state index contributed by atoms with van der Waals surface area (Å²) in [6, 6.07) is 14.0. The Morgan fingerprint density at radius 2 is 1.85 bits per heavy atom. The van der Waals surface area contributed by atoms with E-state index in [4.69, 9.17) is 16.3 Å². The van der Waals surface area contributed by atoms with E-state index in [-0.39, 0.29) is 24.7 Å². The smallest absolute Gasteiger partial charge is 0.312 e. The summed E-state index contributed by atoms with van der Waals surface area (Å²) in [6.07, 6.45) is -0.853. The second kappa shape index (κ2) is 7.92. The summed E-state index contributed by atoms with van der Waals surface area (Å²) < 4.78 is 5.34. The molecule has 0 N–H and O–H groups in total. The molecule has 6 heteroatoms. The summed E-state index contributed by atoms with van der Waals surface area (Å²) in [5.74, 6) is -1.58. The number of benzene rings is 2. The molecule has 3 rings (SSSR count). The fourth-order valence-corrected chi connectivity index (χ4v) is 3.32. The highest BCUT2D eigenvalue weighted by Crippen LogP contribution is 2.32. The first-order valence-corrected chi connectivity index (χ1v) is 9.11. The van der Waals surface area contributed by atoms with E-state index in [2.05, 4.69) is 0 Å². The van der Waals surface area contributed by atoms with E-state index < -0.39 is 18.0 Å². The zero-order valence-corrected chi connectivity index (χ0v) is 15.9. The van der Waals surface area contributed by atoms with Crippen molar-refractivity contribution in [1.29, 1.82) is 0 Å². The van der Waals surface area contributed by atoms with E-state index in [0.29, 0.717) is 16.3 Å². The second-order valence-corrected chi connectivity index (χ2v) is 7.01. The van der Waals surface area contributed by atoms with Gasteiger partial charge in [-0.15, -0.1) is 0 Å². The average molecular weight is 386 g/mol. The van der Waals surface area contributed by atoms with Crippen LogP contribution in [0.5, 0.6) is 0 Å². The minimum atomic E-state index is -0.906. The van der Waals surface area contributed by atoms with Gasteiger partial charge < -0.3 is 9.64 Å². The Morgan fingerprint density at radius 1 is 1.15 bits per heavy atom. The van der Waals surface area contributed by atoms with Gasteiger partial charge in [0.1, 0.15) is 0 Å². The molecule has 2 atom stereocenters. The van der Waals surface area contributed by atoms with Crippen molar-refractivity contribution in [3.63, 3.8) is 0 Å². The molecule has 1 fully saturated rings. The molecule has 1 amide bonds. The van der Waals surface area contributed by atoms with Crippen LogP contribution in [0.4, 0.5) is 5.69 Å². The van der Waals surface area contributed by atoms with E-state index in [9.17, 15) is 14.4 Å². The molecule has 2 aromatic rings. The number of Topliss-reactive ketones (excluding diaryl/α,β-unsaturated/α-hetero) is 1. The summed E-state index contributed by atoms with van der Waals surface area (Å²) in [6.45, 7) is 3.59. The summed E-state index contributed by atoms with van der Waals surface area (Å²) in [7, 11) is 0. The molecule has 0 saturated carbocycles. The predicted molar refractivity (Wildman–Crippen MR) is 103 cm³/mol. The van der Waals surface area contributed by atoms with Crippen molar-refractivity contribution in [3.8, 4) is 0 Å². The molecule has 1 aliphatic heterocycles. The van der Waals surface area contributed by atoms with Crippen LogP contribution in [0.1, 0.15) is 29.3 Å². The number of ether oxygens (including phenoxy) is 1. The Labute approximate surface area is 162 Å². The molecule has 2 aromatic carbocycles. The summed E-state index contributed by atoms with van der Waals surface area (Å²) in [4.78, 5) is 38.8. The SMILES string of the molecule is Cc1c(Cl)cccc1N1C[C@@H](C(=O)O[C@H](C)C(=O)c2ccccc2)CC1=O. The lowest BCUT2D eigenvalue weighted by Crippen LogP contribution is -2.30. The van der Waals surface area contributed by atoms with Crippen LogP contribution in [0.3, 0.4) is 0 Å². The van der Waals surface area contributed by atoms with Gasteiger partial charge in [-0.2, -0.15) is 0 Å². The van der Waals surface area contributed by atoms with Gasteiger partial charge in [0, 0.05) is 29.2 Å². The quantitative estimate of drug-likeness (QED) is 0.579. The molecular weight excluding hydrogens is 366 g/mol. The van der Waals surface area contributed by atoms with Gasteiger partial charge in [0.25, 0.3) is 0 Å². The highest BCUT2D eigenvalue weighted by molar-refractivity contribution is 6.31. The number of ketones is 1. The molecular formula is C21H20ClNO4. The predicted octanol–water partition coefficient (Wildman–Crippen LogP) is 3.82. The monoisotopic (exact) mass is 385 g/mol. The van der Waals surface area contributed by atoms with E-state index in [1.807, 2.05) is 13.0 Å². The van der Waals surface area contributed by atoms with E-state index in [1.54, 1.807) is 54.3 Å². The molecule has 0 spiro atoms. The Morgan fingerprint density at radius 3 is 2.56 bits per heavy atom. The van der Waals surface area contributed by atoms with Crippen LogP contribution < -0.4 is 4.90 Å². The van der Waals surface area contributed by atoms with E-state index in [1.165, 1.54) is 0 Å². The zero-order chi connectivity index (χ0) is 19.6. The van der Waals surface area contributed by atoms with Crippen molar-refractivity contribution in [2.24, 2.45) is 5.92 Å². The average Bonchev–Trinajstić information content (AvgIpc) is 3.05. The Bertz CT molecular complexity index is 881. The van der Waals surface area contributed by atoms with Crippen LogP contribution in [-0.2, 0) is 14.3 Å². The molecule has 0 aromatic heterocycles. The summed E-state index contributed by atoms with van der Waals surface area (Å²) in [5, 5.41) is 0.563. The number of rotatable bonds is 5. The second-order valence-electron chi connectivity index (χ2n) is 6.60. The topological polar surface area (TPSA) is 63.7 Å². The van der Waals surface area contributed by atoms with Gasteiger partial charge >= 0.3 is 5.97 Å². The molecule has 1 saturated heterocycles. The molecule has 0 radical (unpaired) electrons. The highest BCUT2D eigenvalue weighted by Gasteiger charge is 2.38. The molecule has 27 heavy (non-hydrogen) atoms. The molecule has 1 heterocycles. The Hall–Kier alpha value is -2.66. The van der Waals surface area contributed by atoms with Gasteiger partial charge in [0.15, 0.2) is 6.10 Å². The van der Waals surface area contributed by atoms with E-state index in [0.717, 1.165) is 5.56 Å². The number of halogens is 1. The van der Waals surface area contributed by atoms with Crippen molar-refractivity contribution >= 4 is 34.9 Å². The number of esters is 1. The van der Waals surface area contributed by atoms with Crippen LogP contribution in [0.25, 0.3) is 0 Å². The third kappa shape index (κ3) is 4.03. The minimum Gasteiger partial charge on any atom is -0.454 e. The van der Waals surface area contributed by atoms with Crippen molar-refractivity contribution in [1.82, 2.24) is 0 Å². The Balaban J connectivity index is 1.67. The summed E-state index contributed by atoms with van der Waals surface area (Å²) in [5.41, 5.74) is 1.96. The zero-order valence-electron chi connectivity index (χ0n) is 15.1. The fourth-order valence-electron chi connectivity index (χ4n) is 3.15. The molecule has 140 valence electrons. The van der Waals surface area contributed by atoms with Crippen molar-refractivity contribution in [2.45, 2.75) is 26.4 Å². The van der Waals surface area contributed by atoms with Crippen LogP contribution in [0.15, 0.2) is 48.5 Å². The maximum atomic E-state index is 12.5. The standard InChI is InChI=1S/C21H20ClNO4/c1-13-17(22)9-6-10-18(13)23-12-16(11-19(23)24)21(26)27-14(2)20(25)15-7-4-3-5-8-15/h3-10,14,16H,11-12H2,1-2H3/t14-,16+/m1/s1. The molecule has 5 nitrogen and oxygen atoms in total. The number of hydrogen-bond acceptors (Lipinski definition) is 4. The molecule has 0 bridgehead atoms. The normalized spacial score (nSPS) is 17.7. The van der Waals surface area contributed by atoms with Crippen LogP contribution in [0, 0.1) is 12.8 Å². The van der Waals surface area contributed by atoms with Gasteiger partial charge in [-0.1, -0.05) is 48.0 Å². The number of hydrogen-bond donors (Lipinski definition) is 0.